The number of methoxy groups -OCH3 is 1. The third kappa shape index (κ3) is 4.49. The molecule has 3 rings (SSSR count). The lowest BCUT2D eigenvalue weighted by Crippen LogP contribution is -2.27. The molecule has 0 N–H and O–H groups in total. The largest absolute Gasteiger partial charge is 0.495 e. The number of ether oxygens (including phenoxy) is 2. The van der Waals surface area contributed by atoms with Crippen LogP contribution in [0.1, 0.15) is 5.56 Å². The highest BCUT2D eigenvalue weighted by Crippen LogP contribution is 2.28. The van der Waals surface area contributed by atoms with Crippen molar-refractivity contribution in [1.82, 2.24) is 4.31 Å². The summed E-state index contributed by atoms with van der Waals surface area (Å²) < 4.78 is 51.4. The van der Waals surface area contributed by atoms with Crippen LogP contribution in [0.15, 0.2) is 77.7 Å². The van der Waals surface area contributed by atoms with Crippen LogP contribution < -0.4 is 9.47 Å². The molecule has 5 nitrogen and oxygen atoms in total. The van der Waals surface area contributed by atoms with Gasteiger partial charge in [-0.3, -0.25) is 0 Å². The predicted octanol–water partition coefficient (Wildman–Crippen LogP) is 4.45. The second-order valence-electron chi connectivity index (χ2n) is 6.12. The Hall–Kier alpha value is -2.90. The second-order valence-corrected chi connectivity index (χ2v) is 8.13. The lowest BCUT2D eigenvalue weighted by molar-refractivity contribution is 0.395. The summed E-state index contributed by atoms with van der Waals surface area (Å²) in [6.07, 6.45) is 0. The van der Waals surface area contributed by atoms with Crippen LogP contribution in [0.2, 0.25) is 0 Å². The van der Waals surface area contributed by atoms with Crippen molar-refractivity contribution in [2.24, 2.45) is 0 Å². The van der Waals surface area contributed by atoms with Crippen molar-refractivity contribution in [3.63, 3.8) is 0 Å². The van der Waals surface area contributed by atoms with Crippen LogP contribution in [-0.4, -0.2) is 26.9 Å². The summed E-state index contributed by atoms with van der Waals surface area (Å²) in [4.78, 5) is -0.214. The van der Waals surface area contributed by atoms with Crippen LogP contribution in [0, 0.1) is 5.82 Å². The van der Waals surface area contributed by atoms with Gasteiger partial charge in [-0.15, -0.1) is 0 Å². The van der Waals surface area contributed by atoms with Gasteiger partial charge >= 0.3 is 0 Å². The smallest absolute Gasteiger partial charge is 0.246 e. The van der Waals surface area contributed by atoms with Crippen LogP contribution in [0.25, 0.3) is 0 Å². The molecule has 0 heterocycles. The van der Waals surface area contributed by atoms with Gasteiger partial charge < -0.3 is 9.47 Å². The maximum Gasteiger partial charge on any atom is 0.246 e. The number of rotatable bonds is 7. The maximum absolute atomic E-state index is 13.6. The first-order chi connectivity index (χ1) is 13.4. The first-order valence-electron chi connectivity index (χ1n) is 8.52. The average molecular weight is 401 g/mol. The molecule has 0 aromatic heterocycles. The number of benzene rings is 3. The van der Waals surface area contributed by atoms with Crippen molar-refractivity contribution in [2.75, 3.05) is 14.2 Å². The Bertz CT molecular complexity index is 1060. The molecule has 0 bridgehead atoms. The molecule has 3 aromatic carbocycles. The SMILES string of the molecule is COc1ccc(F)cc1S(=O)(=O)N(C)Cc1cccc(Oc2ccccc2)c1. The molecule has 0 fully saturated rings. The number of sulfonamides is 1. The quantitative estimate of drug-likeness (QED) is 0.587. The van der Waals surface area contributed by atoms with Crippen molar-refractivity contribution in [3.05, 3.63) is 84.2 Å². The Balaban J connectivity index is 1.82. The van der Waals surface area contributed by atoms with Gasteiger partial charge in [0.2, 0.25) is 10.0 Å². The lowest BCUT2D eigenvalue weighted by Gasteiger charge is -2.19. The van der Waals surface area contributed by atoms with Crippen molar-refractivity contribution in [1.29, 1.82) is 0 Å². The molecule has 0 radical (unpaired) electrons. The molecule has 3 aromatic rings. The van der Waals surface area contributed by atoms with E-state index in [9.17, 15) is 12.8 Å². The van der Waals surface area contributed by atoms with Crippen molar-refractivity contribution in [2.45, 2.75) is 11.4 Å². The average Bonchev–Trinajstić information content (AvgIpc) is 2.69. The number of nitrogens with zero attached hydrogens (tertiary/aromatic N) is 1. The Kier molecular flexibility index (Phi) is 5.96. The fourth-order valence-corrected chi connectivity index (χ4v) is 4.02. The Morgan fingerprint density at radius 2 is 1.64 bits per heavy atom. The summed E-state index contributed by atoms with van der Waals surface area (Å²) in [7, 11) is -1.17. The van der Waals surface area contributed by atoms with Gasteiger partial charge in [0.05, 0.1) is 7.11 Å². The molecule has 28 heavy (non-hydrogen) atoms. The molecule has 146 valence electrons. The van der Waals surface area contributed by atoms with Crippen LogP contribution >= 0.6 is 0 Å². The van der Waals surface area contributed by atoms with Gasteiger partial charge in [-0.05, 0) is 48.0 Å². The molecule has 0 unspecified atom stereocenters. The fourth-order valence-electron chi connectivity index (χ4n) is 2.69. The minimum atomic E-state index is -3.95. The topological polar surface area (TPSA) is 55.8 Å². The highest BCUT2D eigenvalue weighted by molar-refractivity contribution is 7.89. The summed E-state index contributed by atoms with van der Waals surface area (Å²) >= 11 is 0. The highest BCUT2D eigenvalue weighted by Gasteiger charge is 2.25. The lowest BCUT2D eigenvalue weighted by atomic mass is 10.2. The molecule has 0 spiro atoms. The first-order valence-corrected chi connectivity index (χ1v) is 9.96. The van der Waals surface area contributed by atoms with Crippen molar-refractivity contribution in [3.8, 4) is 17.2 Å². The van der Waals surface area contributed by atoms with E-state index < -0.39 is 15.8 Å². The molecule has 0 saturated heterocycles. The molecule has 0 saturated carbocycles. The zero-order valence-electron chi connectivity index (χ0n) is 15.5. The molecule has 0 amide bonds. The standard InChI is InChI=1S/C21H20FNO4S/c1-23(28(24,25)21-14-17(22)11-12-20(21)26-2)15-16-7-6-10-19(13-16)27-18-8-4-3-5-9-18/h3-14H,15H2,1-2H3. The van der Waals surface area contributed by atoms with Crippen LogP contribution in [0.5, 0.6) is 17.2 Å². The van der Waals surface area contributed by atoms with Crippen LogP contribution in [-0.2, 0) is 16.6 Å². The minimum Gasteiger partial charge on any atom is -0.495 e. The minimum absolute atomic E-state index is 0.0913. The summed E-state index contributed by atoms with van der Waals surface area (Å²) in [6, 6.07) is 19.8. The molecular formula is C21H20FNO4S. The van der Waals surface area contributed by atoms with E-state index in [1.165, 1.54) is 20.2 Å². The summed E-state index contributed by atoms with van der Waals surface area (Å²) in [5.41, 5.74) is 0.731. The summed E-state index contributed by atoms with van der Waals surface area (Å²) in [6.45, 7) is 0.0913. The number of hydrogen-bond acceptors (Lipinski definition) is 4. The highest BCUT2D eigenvalue weighted by atomic mass is 32.2. The zero-order chi connectivity index (χ0) is 20.1. The van der Waals surface area contributed by atoms with E-state index in [-0.39, 0.29) is 17.2 Å². The Morgan fingerprint density at radius 3 is 2.36 bits per heavy atom. The van der Waals surface area contributed by atoms with E-state index in [0.29, 0.717) is 11.5 Å². The molecule has 0 aliphatic rings. The second kappa shape index (κ2) is 8.41. The van der Waals surface area contributed by atoms with Gasteiger partial charge in [-0.25, -0.2) is 12.8 Å². The van der Waals surface area contributed by atoms with Gasteiger partial charge in [0.1, 0.15) is 28.0 Å². The van der Waals surface area contributed by atoms with E-state index in [0.717, 1.165) is 22.0 Å². The van der Waals surface area contributed by atoms with Gasteiger partial charge in [0.15, 0.2) is 0 Å². The first kappa shape index (κ1) is 19.9. The zero-order valence-corrected chi connectivity index (χ0v) is 16.3. The van der Waals surface area contributed by atoms with E-state index in [1.807, 2.05) is 30.3 Å². The summed E-state index contributed by atoms with van der Waals surface area (Å²) in [5, 5.41) is 0. The van der Waals surface area contributed by atoms with E-state index in [2.05, 4.69) is 0 Å². The van der Waals surface area contributed by atoms with Crippen LogP contribution in [0.3, 0.4) is 0 Å². The van der Waals surface area contributed by atoms with Crippen molar-refractivity contribution >= 4 is 10.0 Å². The summed E-state index contributed by atoms with van der Waals surface area (Å²) in [5.74, 6) is 0.725. The molecule has 0 aliphatic carbocycles. The third-order valence-electron chi connectivity index (χ3n) is 4.10. The monoisotopic (exact) mass is 401 g/mol. The normalized spacial score (nSPS) is 11.4. The molecule has 0 aliphatic heterocycles. The Labute approximate surface area is 164 Å². The van der Waals surface area contributed by atoms with Crippen LogP contribution in [0.4, 0.5) is 4.39 Å². The van der Waals surface area contributed by atoms with E-state index in [1.54, 1.807) is 24.3 Å². The van der Waals surface area contributed by atoms with E-state index in [4.69, 9.17) is 9.47 Å². The Morgan fingerprint density at radius 1 is 0.929 bits per heavy atom. The third-order valence-corrected chi connectivity index (χ3v) is 5.92. The number of halogens is 1. The van der Waals surface area contributed by atoms with Crippen molar-refractivity contribution < 1.29 is 22.3 Å². The van der Waals surface area contributed by atoms with Gasteiger partial charge in [0.25, 0.3) is 0 Å². The molecule has 7 heteroatoms. The predicted molar refractivity (Wildman–Crippen MR) is 105 cm³/mol. The van der Waals surface area contributed by atoms with Gasteiger partial charge in [-0.2, -0.15) is 4.31 Å². The number of hydrogen-bond donors (Lipinski definition) is 0. The van der Waals surface area contributed by atoms with Gasteiger partial charge in [-0.1, -0.05) is 30.3 Å². The molecular weight excluding hydrogens is 381 g/mol. The van der Waals surface area contributed by atoms with Gasteiger partial charge in [0, 0.05) is 13.6 Å². The van der Waals surface area contributed by atoms with E-state index >= 15 is 0 Å². The fraction of sp³-hybridized carbons (Fsp3) is 0.143. The number of para-hydroxylation sites is 1. The molecule has 0 atom stereocenters. The maximum atomic E-state index is 13.6.